The zero-order valence-electron chi connectivity index (χ0n) is 7.00. The Morgan fingerprint density at radius 2 is 1.50 bits per heavy atom. The molecule has 0 spiro atoms. The molecule has 10 heavy (non-hydrogen) atoms. The third kappa shape index (κ3) is 3.36. The molecule has 0 aromatic rings. The highest BCUT2D eigenvalue weighted by atomic mass is 35.5. The van der Waals surface area contributed by atoms with Crippen LogP contribution in [0.1, 0.15) is 0 Å². The largest absolute Gasteiger partial charge is 0.317 e. The minimum atomic E-state index is -1.03. The molecule has 60 valence electrons. The molecular formula is C6H15ClN2Si. The van der Waals surface area contributed by atoms with Crippen LogP contribution >= 0.6 is 11.6 Å². The van der Waals surface area contributed by atoms with Gasteiger partial charge in [0.25, 0.3) is 0 Å². The Morgan fingerprint density at radius 1 is 1.10 bits per heavy atom. The van der Waals surface area contributed by atoms with E-state index in [1.54, 1.807) is 5.54 Å². The average molecular weight is 179 g/mol. The first-order valence-corrected chi connectivity index (χ1v) is 5.33. The summed E-state index contributed by atoms with van der Waals surface area (Å²) in [6.45, 7) is 0. The maximum atomic E-state index is 5.49. The summed E-state index contributed by atoms with van der Waals surface area (Å²) < 4.78 is 4.44. The molecule has 0 aromatic heterocycles. The van der Waals surface area contributed by atoms with Gasteiger partial charge < -0.3 is 9.13 Å². The fraction of sp³-hybridized carbons (Fsp3) is 0.667. The number of nitrogens with zero attached hydrogens (tertiary/aromatic N) is 2. The maximum absolute atomic E-state index is 5.49. The maximum Gasteiger partial charge on any atom is 0.215 e. The molecule has 0 saturated heterocycles. The van der Waals surface area contributed by atoms with Gasteiger partial charge in [0.15, 0.2) is 0 Å². The highest BCUT2D eigenvalue weighted by Crippen LogP contribution is 1.94. The molecule has 0 aromatic carbocycles. The van der Waals surface area contributed by atoms with E-state index in [9.17, 15) is 0 Å². The normalized spacial score (nSPS) is 12.8. The minimum absolute atomic E-state index is 1.03. The molecule has 4 heteroatoms. The van der Waals surface area contributed by atoms with Crippen molar-refractivity contribution in [3.63, 3.8) is 0 Å². The molecule has 0 fully saturated rings. The summed E-state index contributed by atoms with van der Waals surface area (Å²) in [4.78, 5) is 0. The summed E-state index contributed by atoms with van der Waals surface area (Å²) >= 11 is 5.49. The molecule has 0 atom stereocenters. The molecule has 0 aliphatic heterocycles. The van der Waals surface area contributed by atoms with E-state index in [1.807, 2.05) is 0 Å². The lowest BCUT2D eigenvalue weighted by Crippen LogP contribution is -2.44. The van der Waals surface area contributed by atoms with Gasteiger partial charge in [-0.25, -0.2) is 0 Å². The summed E-state index contributed by atoms with van der Waals surface area (Å²) in [7, 11) is 7.28. The summed E-state index contributed by atoms with van der Waals surface area (Å²) in [6.07, 6.45) is 0. The van der Waals surface area contributed by atoms with Crippen molar-refractivity contribution < 1.29 is 0 Å². The lowest BCUT2D eigenvalue weighted by molar-refractivity contribution is 0.530. The molecule has 0 rings (SSSR count). The van der Waals surface area contributed by atoms with Crippen LogP contribution in [0, 0.1) is 0 Å². The second kappa shape index (κ2) is 4.90. The molecule has 0 saturated carbocycles. The Kier molecular flexibility index (Phi) is 4.98. The Bertz CT molecular complexity index is 106. The molecule has 0 amide bonds. The monoisotopic (exact) mass is 178 g/mol. The summed E-state index contributed by atoms with van der Waals surface area (Å²) in [6, 6.07) is 0. The van der Waals surface area contributed by atoms with Crippen LogP contribution in [0.25, 0.3) is 0 Å². The first-order valence-electron chi connectivity index (χ1n) is 3.19. The first kappa shape index (κ1) is 10.2. The third-order valence-corrected chi connectivity index (χ3v) is 4.35. The summed E-state index contributed by atoms with van der Waals surface area (Å²) in [5, 5.41) is 0. The number of rotatable bonds is 3. The minimum Gasteiger partial charge on any atom is -0.317 e. The number of hydrogen-bond donors (Lipinski definition) is 0. The van der Waals surface area contributed by atoms with Crippen molar-refractivity contribution in [3.8, 4) is 0 Å². The highest BCUT2D eigenvalue weighted by Gasteiger charge is 2.11. The van der Waals surface area contributed by atoms with Crippen molar-refractivity contribution in [2.75, 3.05) is 28.2 Å². The van der Waals surface area contributed by atoms with E-state index in [-0.39, 0.29) is 0 Å². The molecule has 0 heterocycles. The average Bonchev–Trinajstić information content (AvgIpc) is 1.81. The third-order valence-electron chi connectivity index (χ3n) is 1.30. The van der Waals surface area contributed by atoms with E-state index in [0.29, 0.717) is 0 Å². The van der Waals surface area contributed by atoms with Crippen LogP contribution in [0.15, 0.2) is 11.2 Å². The van der Waals surface area contributed by atoms with Crippen molar-refractivity contribution in [3.05, 3.63) is 11.2 Å². The second-order valence-electron chi connectivity index (χ2n) is 2.66. The van der Waals surface area contributed by atoms with E-state index in [0.717, 1.165) is 0 Å². The van der Waals surface area contributed by atoms with Gasteiger partial charge in [0.05, 0.1) is 0 Å². The fourth-order valence-corrected chi connectivity index (χ4v) is 3.00. The van der Waals surface area contributed by atoms with Gasteiger partial charge in [-0.3, -0.25) is 0 Å². The van der Waals surface area contributed by atoms with E-state index in [4.69, 9.17) is 11.6 Å². The molecule has 0 unspecified atom stereocenters. The van der Waals surface area contributed by atoms with Gasteiger partial charge in [0, 0.05) is 0 Å². The molecule has 0 bridgehead atoms. The molecule has 0 N–H and O–H groups in total. The quantitative estimate of drug-likeness (QED) is 0.585. The zero-order valence-corrected chi connectivity index (χ0v) is 8.92. The fourth-order valence-electron chi connectivity index (χ4n) is 0.871. The lowest BCUT2D eigenvalue weighted by Gasteiger charge is -2.25. The molecule has 0 aliphatic rings. The first-order chi connectivity index (χ1) is 4.59. The van der Waals surface area contributed by atoms with Gasteiger partial charge in [-0.05, 0) is 33.7 Å². The predicted octanol–water partition coefficient (Wildman–Crippen LogP) is 0.622. The van der Waals surface area contributed by atoms with Crippen LogP contribution in [0.3, 0.4) is 0 Å². The van der Waals surface area contributed by atoms with Crippen LogP contribution in [-0.4, -0.2) is 46.4 Å². The Morgan fingerprint density at radius 3 is 1.60 bits per heavy atom. The topological polar surface area (TPSA) is 6.48 Å². The van der Waals surface area contributed by atoms with Crippen molar-refractivity contribution in [2.24, 2.45) is 0 Å². The Hall–Kier alpha value is 0.167. The van der Waals surface area contributed by atoms with Gasteiger partial charge in [0.1, 0.15) is 0 Å². The molecular weight excluding hydrogens is 164 g/mol. The van der Waals surface area contributed by atoms with Crippen molar-refractivity contribution in [1.29, 1.82) is 0 Å². The summed E-state index contributed by atoms with van der Waals surface area (Å²) in [5.74, 6) is 0. The predicted molar refractivity (Wildman–Crippen MR) is 49.5 cm³/mol. The lowest BCUT2D eigenvalue weighted by atomic mass is 11.2. The van der Waals surface area contributed by atoms with E-state index in [1.165, 1.54) is 0 Å². The Labute approximate surface area is 69.8 Å². The van der Waals surface area contributed by atoms with Gasteiger partial charge >= 0.3 is 0 Å². The van der Waals surface area contributed by atoms with E-state index < -0.39 is 9.12 Å². The van der Waals surface area contributed by atoms with Gasteiger partial charge in [0.2, 0.25) is 9.12 Å². The molecule has 0 radical (unpaired) electrons. The van der Waals surface area contributed by atoms with Gasteiger partial charge in [-0.2, -0.15) is 0 Å². The smallest absolute Gasteiger partial charge is 0.215 e. The van der Waals surface area contributed by atoms with E-state index in [2.05, 4.69) is 43.0 Å². The van der Waals surface area contributed by atoms with Crippen molar-refractivity contribution in [1.82, 2.24) is 9.13 Å². The van der Waals surface area contributed by atoms with Crippen molar-refractivity contribution in [2.45, 2.75) is 0 Å². The van der Waals surface area contributed by atoms with Crippen LogP contribution in [0.5, 0.6) is 0 Å². The SMILES string of the molecule is CN(C)[SiH](C=CCl)N(C)C. The summed E-state index contributed by atoms with van der Waals surface area (Å²) in [5.41, 5.74) is 3.68. The Balaban J connectivity index is 3.98. The van der Waals surface area contributed by atoms with Crippen LogP contribution in [0.4, 0.5) is 0 Å². The second-order valence-corrected chi connectivity index (χ2v) is 6.19. The van der Waals surface area contributed by atoms with Crippen LogP contribution in [0.2, 0.25) is 0 Å². The standard InChI is InChI=1S/C6H15ClN2Si/c1-8(2)10(6-5-7)9(3)4/h5-6,10H,1-4H3. The number of hydrogen-bond acceptors (Lipinski definition) is 2. The molecule has 2 nitrogen and oxygen atoms in total. The van der Waals surface area contributed by atoms with Crippen LogP contribution in [-0.2, 0) is 0 Å². The van der Waals surface area contributed by atoms with Gasteiger partial charge in [-0.1, -0.05) is 17.3 Å². The number of halogens is 1. The van der Waals surface area contributed by atoms with Crippen LogP contribution < -0.4 is 0 Å². The van der Waals surface area contributed by atoms with E-state index >= 15 is 0 Å². The van der Waals surface area contributed by atoms with Gasteiger partial charge in [-0.15, -0.1) is 0 Å². The molecule has 0 aliphatic carbocycles. The highest BCUT2D eigenvalue weighted by molar-refractivity contribution is 6.59. The van der Waals surface area contributed by atoms with Crippen molar-refractivity contribution >= 4 is 20.7 Å². The zero-order chi connectivity index (χ0) is 8.15.